The minimum atomic E-state index is -0.166. The van der Waals surface area contributed by atoms with Crippen LogP contribution in [0.2, 0.25) is 0 Å². The molecular formula is C13H15FN2S. The Morgan fingerprint density at radius 3 is 3.00 bits per heavy atom. The molecule has 0 aliphatic rings. The Morgan fingerprint density at radius 2 is 2.29 bits per heavy atom. The van der Waals surface area contributed by atoms with Gasteiger partial charge in [-0.05, 0) is 37.6 Å². The van der Waals surface area contributed by atoms with Crippen LogP contribution < -0.4 is 5.32 Å². The second-order valence-corrected chi connectivity index (χ2v) is 4.86. The first kappa shape index (κ1) is 12.2. The summed E-state index contributed by atoms with van der Waals surface area (Å²) in [5.74, 6) is -0.166. The van der Waals surface area contributed by atoms with Gasteiger partial charge in [-0.1, -0.05) is 12.1 Å². The van der Waals surface area contributed by atoms with Crippen molar-refractivity contribution < 1.29 is 4.39 Å². The lowest BCUT2D eigenvalue weighted by Gasteiger charge is -2.04. The highest BCUT2D eigenvalue weighted by atomic mass is 32.1. The average Bonchev–Trinajstić information content (AvgIpc) is 2.71. The number of aryl methyl sites for hydroxylation is 1. The van der Waals surface area contributed by atoms with Crippen molar-refractivity contribution in [3.05, 3.63) is 51.7 Å². The van der Waals surface area contributed by atoms with Crippen molar-refractivity contribution in [1.82, 2.24) is 10.3 Å². The number of nitrogens with zero attached hydrogens (tertiary/aromatic N) is 1. The summed E-state index contributed by atoms with van der Waals surface area (Å²) < 4.78 is 12.9. The van der Waals surface area contributed by atoms with E-state index in [0.29, 0.717) is 0 Å². The van der Waals surface area contributed by atoms with Gasteiger partial charge in [-0.15, -0.1) is 11.3 Å². The van der Waals surface area contributed by atoms with E-state index in [1.165, 1.54) is 10.9 Å². The maximum atomic E-state index is 12.9. The Labute approximate surface area is 105 Å². The first-order valence-electron chi connectivity index (χ1n) is 5.60. The van der Waals surface area contributed by atoms with Crippen LogP contribution in [0.3, 0.4) is 0 Å². The fraction of sp³-hybridized carbons (Fsp3) is 0.308. The predicted molar refractivity (Wildman–Crippen MR) is 68.7 cm³/mol. The smallest absolute Gasteiger partial charge is 0.123 e. The number of hydrogen-bond donors (Lipinski definition) is 1. The van der Waals surface area contributed by atoms with E-state index in [0.717, 1.165) is 30.8 Å². The molecule has 90 valence electrons. The van der Waals surface area contributed by atoms with Crippen LogP contribution in [0.15, 0.2) is 29.8 Å². The maximum absolute atomic E-state index is 12.9. The largest absolute Gasteiger partial charge is 0.311 e. The van der Waals surface area contributed by atoms with Gasteiger partial charge < -0.3 is 5.32 Å². The third-order valence-electron chi connectivity index (χ3n) is 2.61. The molecule has 0 amide bonds. The molecule has 0 unspecified atom stereocenters. The van der Waals surface area contributed by atoms with E-state index in [-0.39, 0.29) is 5.82 Å². The molecule has 2 aromatic rings. The molecule has 1 aromatic heterocycles. The topological polar surface area (TPSA) is 24.9 Å². The summed E-state index contributed by atoms with van der Waals surface area (Å²) in [4.78, 5) is 5.46. The Balaban J connectivity index is 1.75. The van der Waals surface area contributed by atoms with Gasteiger partial charge in [0.1, 0.15) is 5.82 Å². The molecule has 4 heteroatoms. The normalized spacial score (nSPS) is 10.7. The van der Waals surface area contributed by atoms with Gasteiger partial charge in [-0.2, -0.15) is 0 Å². The van der Waals surface area contributed by atoms with E-state index in [4.69, 9.17) is 0 Å². The van der Waals surface area contributed by atoms with Gasteiger partial charge >= 0.3 is 0 Å². The molecule has 0 saturated carbocycles. The van der Waals surface area contributed by atoms with E-state index in [1.807, 2.05) is 18.5 Å². The SMILES string of the molecule is Cc1ncsc1CNCCc1cccc(F)c1. The van der Waals surface area contributed by atoms with Crippen LogP contribution in [-0.2, 0) is 13.0 Å². The van der Waals surface area contributed by atoms with Crippen molar-refractivity contribution in [2.24, 2.45) is 0 Å². The number of aromatic nitrogens is 1. The Morgan fingerprint density at radius 1 is 1.41 bits per heavy atom. The van der Waals surface area contributed by atoms with Gasteiger partial charge in [0.25, 0.3) is 0 Å². The van der Waals surface area contributed by atoms with Crippen molar-refractivity contribution in [2.75, 3.05) is 6.54 Å². The first-order chi connectivity index (χ1) is 8.25. The fourth-order valence-corrected chi connectivity index (χ4v) is 2.37. The number of benzene rings is 1. The molecule has 0 atom stereocenters. The summed E-state index contributed by atoms with van der Waals surface area (Å²) in [5.41, 5.74) is 3.98. The second kappa shape index (κ2) is 5.89. The minimum Gasteiger partial charge on any atom is -0.311 e. The Kier molecular flexibility index (Phi) is 4.23. The zero-order valence-corrected chi connectivity index (χ0v) is 10.6. The highest BCUT2D eigenvalue weighted by molar-refractivity contribution is 7.09. The molecule has 0 aliphatic heterocycles. The quantitative estimate of drug-likeness (QED) is 0.825. The van der Waals surface area contributed by atoms with E-state index in [2.05, 4.69) is 10.3 Å². The van der Waals surface area contributed by atoms with Crippen molar-refractivity contribution in [3.63, 3.8) is 0 Å². The molecule has 17 heavy (non-hydrogen) atoms. The molecule has 0 radical (unpaired) electrons. The van der Waals surface area contributed by atoms with Gasteiger partial charge in [0.15, 0.2) is 0 Å². The standard InChI is InChI=1S/C13H15FN2S/c1-10-13(17-9-16-10)8-15-6-5-11-3-2-4-12(14)7-11/h2-4,7,9,15H,5-6,8H2,1H3. The number of hydrogen-bond acceptors (Lipinski definition) is 3. The summed E-state index contributed by atoms with van der Waals surface area (Å²) in [6, 6.07) is 6.75. The molecule has 0 spiro atoms. The number of nitrogens with one attached hydrogen (secondary N) is 1. The third-order valence-corrected chi connectivity index (χ3v) is 3.54. The number of rotatable bonds is 5. The van der Waals surface area contributed by atoms with Crippen LogP contribution in [0, 0.1) is 12.7 Å². The number of halogens is 1. The highest BCUT2D eigenvalue weighted by Crippen LogP contribution is 2.11. The lowest BCUT2D eigenvalue weighted by atomic mass is 10.1. The highest BCUT2D eigenvalue weighted by Gasteiger charge is 2.00. The van der Waals surface area contributed by atoms with E-state index in [1.54, 1.807) is 23.5 Å². The summed E-state index contributed by atoms with van der Waals surface area (Å²) in [7, 11) is 0. The van der Waals surface area contributed by atoms with Gasteiger partial charge in [-0.3, -0.25) is 0 Å². The van der Waals surface area contributed by atoms with Crippen LogP contribution in [0.1, 0.15) is 16.1 Å². The summed E-state index contributed by atoms with van der Waals surface area (Å²) >= 11 is 1.66. The van der Waals surface area contributed by atoms with Gasteiger partial charge in [0, 0.05) is 11.4 Å². The van der Waals surface area contributed by atoms with E-state index >= 15 is 0 Å². The van der Waals surface area contributed by atoms with E-state index < -0.39 is 0 Å². The van der Waals surface area contributed by atoms with E-state index in [9.17, 15) is 4.39 Å². The Bertz CT molecular complexity index is 482. The van der Waals surface area contributed by atoms with Gasteiger partial charge in [0.2, 0.25) is 0 Å². The molecule has 1 heterocycles. The molecule has 0 bridgehead atoms. The lowest BCUT2D eigenvalue weighted by molar-refractivity contribution is 0.623. The van der Waals surface area contributed by atoms with Crippen LogP contribution in [0.5, 0.6) is 0 Å². The monoisotopic (exact) mass is 250 g/mol. The average molecular weight is 250 g/mol. The van der Waals surface area contributed by atoms with Crippen LogP contribution in [0.4, 0.5) is 4.39 Å². The van der Waals surface area contributed by atoms with Gasteiger partial charge in [-0.25, -0.2) is 9.37 Å². The molecular weight excluding hydrogens is 235 g/mol. The summed E-state index contributed by atoms with van der Waals surface area (Å²) in [6.45, 7) is 3.70. The first-order valence-corrected chi connectivity index (χ1v) is 6.48. The molecule has 1 N–H and O–H groups in total. The minimum absolute atomic E-state index is 0.166. The molecule has 0 saturated heterocycles. The molecule has 2 rings (SSSR count). The predicted octanol–water partition coefficient (Wildman–Crippen LogP) is 2.92. The fourth-order valence-electron chi connectivity index (χ4n) is 1.62. The van der Waals surface area contributed by atoms with Crippen molar-refractivity contribution >= 4 is 11.3 Å². The van der Waals surface area contributed by atoms with Crippen molar-refractivity contribution in [2.45, 2.75) is 19.9 Å². The number of thiazole rings is 1. The van der Waals surface area contributed by atoms with Crippen LogP contribution in [-0.4, -0.2) is 11.5 Å². The molecule has 2 nitrogen and oxygen atoms in total. The zero-order valence-electron chi connectivity index (χ0n) is 9.74. The second-order valence-electron chi connectivity index (χ2n) is 3.92. The lowest BCUT2D eigenvalue weighted by Crippen LogP contribution is -2.16. The van der Waals surface area contributed by atoms with Gasteiger partial charge in [0.05, 0.1) is 11.2 Å². The van der Waals surface area contributed by atoms with Crippen molar-refractivity contribution in [3.8, 4) is 0 Å². The summed E-state index contributed by atoms with van der Waals surface area (Å²) in [6.07, 6.45) is 0.843. The molecule has 0 aliphatic carbocycles. The molecule has 1 aromatic carbocycles. The molecule has 0 fully saturated rings. The maximum Gasteiger partial charge on any atom is 0.123 e. The zero-order chi connectivity index (χ0) is 12.1. The van der Waals surface area contributed by atoms with Crippen molar-refractivity contribution in [1.29, 1.82) is 0 Å². The van der Waals surface area contributed by atoms with Crippen LogP contribution in [0.25, 0.3) is 0 Å². The Hall–Kier alpha value is -1.26. The summed E-state index contributed by atoms with van der Waals surface area (Å²) in [5, 5.41) is 3.34. The third kappa shape index (κ3) is 3.61. The van der Waals surface area contributed by atoms with Crippen LogP contribution >= 0.6 is 11.3 Å².